The Morgan fingerprint density at radius 3 is 2.56 bits per heavy atom. The fourth-order valence-corrected chi connectivity index (χ4v) is 2.41. The van der Waals surface area contributed by atoms with Crippen molar-refractivity contribution in [2.75, 3.05) is 27.2 Å². The average molecular weight is 464 g/mol. The SMILES string of the molecule is CN=C(NCCCCn1ccccc1=O)NCC(OC)C(C)(C)C.I. The normalized spacial score (nSPS) is 13.1. The largest absolute Gasteiger partial charge is 0.379 e. The van der Waals surface area contributed by atoms with Gasteiger partial charge in [0.05, 0.1) is 6.10 Å². The molecule has 1 aromatic rings. The van der Waals surface area contributed by atoms with Crippen LogP contribution in [0.4, 0.5) is 0 Å². The van der Waals surface area contributed by atoms with Gasteiger partial charge in [0.2, 0.25) is 5.56 Å². The van der Waals surface area contributed by atoms with Gasteiger partial charge in [0.25, 0.3) is 0 Å². The number of hydrogen-bond donors (Lipinski definition) is 2. The van der Waals surface area contributed by atoms with Gasteiger partial charge in [0.15, 0.2) is 5.96 Å². The molecule has 1 rings (SSSR count). The van der Waals surface area contributed by atoms with Crippen LogP contribution < -0.4 is 16.2 Å². The molecule has 0 radical (unpaired) electrons. The van der Waals surface area contributed by atoms with Crippen molar-refractivity contribution in [3.63, 3.8) is 0 Å². The van der Waals surface area contributed by atoms with Crippen molar-refractivity contribution in [2.24, 2.45) is 10.4 Å². The molecule has 1 heterocycles. The lowest BCUT2D eigenvalue weighted by Gasteiger charge is -2.30. The maximum Gasteiger partial charge on any atom is 0.250 e. The lowest BCUT2D eigenvalue weighted by molar-refractivity contribution is 0.0205. The minimum Gasteiger partial charge on any atom is -0.379 e. The fourth-order valence-electron chi connectivity index (χ4n) is 2.41. The first-order valence-corrected chi connectivity index (χ1v) is 8.51. The number of hydrogen-bond acceptors (Lipinski definition) is 3. The monoisotopic (exact) mass is 464 g/mol. The molecule has 1 atom stereocenters. The standard InChI is InChI=1S/C18H32N4O2.HI/c1-18(2,3)15(24-5)14-21-17(19-4)20-11-7-9-13-22-12-8-6-10-16(22)23;/h6,8,10,12,15H,7,9,11,13-14H2,1-5H3,(H2,19,20,21);1H. The van der Waals surface area contributed by atoms with E-state index in [4.69, 9.17) is 4.74 Å². The van der Waals surface area contributed by atoms with Crippen LogP contribution in [0.5, 0.6) is 0 Å². The van der Waals surface area contributed by atoms with Gasteiger partial charge in [0, 0.05) is 46.1 Å². The summed E-state index contributed by atoms with van der Waals surface area (Å²) in [7, 11) is 3.50. The van der Waals surface area contributed by atoms with Crippen LogP contribution in [0.25, 0.3) is 0 Å². The third kappa shape index (κ3) is 9.25. The molecule has 0 amide bonds. The number of aliphatic imine (C=N–C) groups is 1. The van der Waals surface area contributed by atoms with Crippen LogP contribution in [0.3, 0.4) is 0 Å². The number of nitrogens with zero attached hydrogens (tertiary/aromatic N) is 2. The van der Waals surface area contributed by atoms with E-state index in [1.54, 1.807) is 30.9 Å². The molecule has 0 fully saturated rings. The van der Waals surface area contributed by atoms with Gasteiger partial charge in [-0.05, 0) is 24.3 Å². The Hall–Kier alpha value is -1.09. The minimum absolute atomic E-state index is 0. The highest BCUT2D eigenvalue weighted by Gasteiger charge is 2.24. The molecule has 0 aliphatic carbocycles. The second-order valence-electron chi connectivity index (χ2n) is 6.91. The number of guanidine groups is 1. The van der Waals surface area contributed by atoms with E-state index < -0.39 is 0 Å². The van der Waals surface area contributed by atoms with E-state index in [-0.39, 0.29) is 41.1 Å². The zero-order valence-corrected chi connectivity index (χ0v) is 18.4. The van der Waals surface area contributed by atoms with Crippen LogP contribution in [0.15, 0.2) is 34.2 Å². The predicted molar refractivity (Wildman–Crippen MR) is 115 cm³/mol. The Morgan fingerprint density at radius 2 is 2.00 bits per heavy atom. The first kappa shape index (κ1) is 23.9. The Bertz CT molecular complexity index is 567. The number of rotatable bonds is 8. The Morgan fingerprint density at radius 1 is 1.28 bits per heavy atom. The number of methoxy groups -OCH3 is 1. The lowest BCUT2D eigenvalue weighted by atomic mass is 9.89. The van der Waals surface area contributed by atoms with Gasteiger partial charge in [-0.1, -0.05) is 26.8 Å². The number of halogens is 1. The third-order valence-corrected chi connectivity index (χ3v) is 3.95. The van der Waals surface area contributed by atoms with E-state index in [0.29, 0.717) is 6.54 Å². The zero-order valence-electron chi connectivity index (χ0n) is 16.0. The summed E-state index contributed by atoms with van der Waals surface area (Å²) in [5, 5.41) is 6.60. The molecule has 0 saturated carbocycles. The maximum atomic E-state index is 11.6. The van der Waals surface area contributed by atoms with Gasteiger partial charge >= 0.3 is 0 Å². The Kier molecular flexibility index (Phi) is 11.8. The maximum absolute atomic E-state index is 11.6. The molecule has 1 aromatic heterocycles. The first-order chi connectivity index (χ1) is 11.4. The summed E-state index contributed by atoms with van der Waals surface area (Å²) in [6.45, 7) is 8.73. The molecule has 0 spiro atoms. The highest BCUT2D eigenvalue weighted by molar-refractivity contribution is 14.0. The van der Waals surface area contributed by atoms with E-state index in [9.17, 15) is 4.79 Å². The quantitative estimate of drug-likeness (QED) is 0.269. The van der Waals surface area contributed by atoms with E-state index in [1.165, 1.54) is 0 Å². The summed E-state index contributed by atoms with van der Waals surface area (Å²) in [6, 6.07) is 5.24. The molecule has 0 saturated heterocycles. The van der Waals surface area contributed by atoms with Crippen molar-refractivity contribution < 1.29 is 4.74 Å². The number of aromatic nitrogens is 1. The Balaban J connectivity index is 0.00000576. The second-order valence-corrected chi connectivity index (χ2v) is 6.91. The number of pyridine rings is 1. The number of unbranched alkanes of at least 4 members (excludes halogenated alkanes) is 1. The highest BCUT2D eigenvalue weighted by Crippen LogP contribution is 2.20. The topological polar surface area (TPSA) is 67.7 Å². The molecule has 6 nitrogen and oxygen atoms in total. The van der Waals surface area contributed by atoms with Gasteiger partial charge in [-0.3, -0.25) is 9.79 Å². The molecule has 25 heavy (non-hydrogen) atoms. The van der Waals surface area contributed by atoms with Crippen molar-refractivity contribution in [2.45, 2.75) is 46.3 Å². The van der Waals surface area contributed by atoms with Gasteiger partial charge in [0.1, 0.15) is 0 Å². The Labute approximate surface area is 168 Å². The molecular formula is C18H33IN4O2. The fraction of sp³-hybridized carbons (Fsp3) is 0.667. The number of nitrogens with one attached hydrogen (secondary N) is 2. The lowest BCUT2D eigenvalue weighted by Crippen LogP contribution is -2.45. The second kappa shape index (κ2) is 12.3. The van der Waals surface area contributed by atoms with Crippen LogP contribution in [0, 0.1) is 5.41 Å². The number of ether oxygens (including phenoxy) is 1. The predicted octanol–water partition coefficient (Wildman–Crippen LogP) is 2.47. The van der Waals surface area contributed by atoms with Crippen molar-refractivity contribution in [3.8, 4) is 0 Å². The highest BCUT2D eigenvalue weighted by atomic mass is 127. The molecular weight excluding hydrogens is 431 g/mol. The van der Waals surface area contributed by atoms with Crippen molar-refractivity contribution in [1.29, 1.82) is 0 Å². The molecule has 0 bridgehead atoms. The van der Waals surface area contributed by atoms with E-state index in [0.717, 1.165) is 31.9 Å². The third-order valence-electron chi connectivity index (χ3n) is 3.95. The van der Waals surface area contributed by atoms with Crippen LogP contribution in [-0.4, -0.2) is 43.9 Å². The summed E-state index contributed by atoms with van der Waals surface area (Å²) < 4.78 is 7.27. The smallest absolute Gasteiger partial charge is 0.250 e. The molecule has 0 aliphatic heterocycles. The van der Waals surface area contributed by atoms with Crippen LogP contribution in [0.2, 0.25) is 0 Å². The molecule has 7 heteroatoms. The van der Waals surface area contributed by atoms with Crippen LogP contribution in [0.1, 0.15) is 33.6 Å². The average Bonchev–Trinajstić information content (AvgIpc) is 2.53. The van der Waals surface area contributed by atoms with E-state index in [1.807, 2.05) is 12.3 Å². The van der Waals surface area contributed by atoms with Gasteiger partial charge < -0.3 is 19.9 Å². The first-order valence-electron chi connectivity index (χ1n) is 8.51. The zero-order chi connectivity index (χ0) is 18.0. The van der Waals surface area contributed by atoms with Crippen LogP contribution >= 0.6 is 24.0 Å². The van der Waals surface area contributed by atoms with E-state index in [2.05, 4.69) is 36.4 Å². The summed E-state index contributed by atoms with van der Waals surface area (Å²) in [4.78, 5) is 15.8. The number of aryl methyl sites for hydroxylation is 1. The summed E-state index contributed by atoms with van der Waals surface area (Å²) in [5.41, 5.74) is 0.125. The van der Waals surface area contributed by atoms with Crippen LogP contribution in [-0.2, 0) is 11.3 Å². The molecule has 144 valence electrons. The molecule has 0 aromatic carbocycles. The summed E-state index contributed by atoms with van der Waals surface area (Å²) >= 11 is 0. The van der Waals surface area contributed by atoms with Crippen molar-refractivity contribution in [1.82, 2.24) is 15.2 Å². The molecule has 0 aliphatic rings. The van der Waals surface area contributed by atoms with Gasteiger partial charge in [-0.2, -0.15) is 0 Å². The van der Waals surface area contributed by atoms with E-state index >= 15 is 0 Å². The minimum atomic E-state index is 0. The van der Waals surface area contributed by atoms with Crippen molar-refractivity contribution >= 4 is 29.9 Å². The summed E-state index contributed by atoms with van der Waals surface area (Å²) in [6.07, 6.45) is 3.85. The van der Waals surface area contributed by atoms with Crippen molar-refractivity contribution in [3.05, 3.63) is 34.7 Å². The summed E-state index contributed by atoms with van der Waals surface area (Å²) in [5.74, 6) is 0.776. The van der Waals surface area contributed by atoms with Gasteiger partial charge in [-0.15, -0.1) is 24.0 Å². The van der Waals surface area contributed by atoms with Gasteiger partial charge in [-0.25, -0.2) is 0 Å². The molecule has 1 unspecified atom stereocenters. The molecule has 2 N–H and O–H groups in total.